The molecule has 0 aromatic heterocycles. The largest absolute Gasteiger partial charge is 0.478 e. The number of aliphatic carboxylic acids is 1. The quantitative estimate of drug-likeness (QED) is 0.598. The Morgan fingerprint density at radius 2 is 1.92 bits per heavy atom. The molecule has 0 atom stereocenters. The number of carboxylic acids is 1. The predicted molar refractivity (Wildman–Crippen MR) is 52.8 cm³/mol. The summed E-state index contributed by atoms with van der Waals surface area (Å²) in [5.41, 5.74) is 0. The molecule has 13 heavy (non-hydrogen) atoms. The summed E-state index contributed by atoms with van der Waals surface area (Å²) in [6, 6.07) is 0. The lowest BCUT2D eigenvalue weighted by Crippen LogP contribution is -2.28. The SMILES string of the molecule is CN(C)CCN(C)CC=CC(=O)O. The Morgan fingerprint density at radius 1 is 1.31 bits per heavy atom. The minimum absolute atomic E-state index is 0.681. The van der Waals surface area contributed by atoms with Crippen LogP contribution >= 0.6 is 0 Å². The molecule has 0 fully saturated rings. The van der Waals surface area contributed by atoms with Gasteiger partial charge in [-0.05, 0) is 21.1 Å². The summed E-state index contributed by atoms with van der Waals surface area (Å²) in [6.07, 6.45) is 2.82. The molecule has 0 rings (SSSR count). The average molecular weight is 186 g/mol. The molecule has 0 aliphatic carbocycles. The Morgan fingerprint density at radius 3 is 2.38 bits per heavy atom. The Bertz CT molecular complexity index is 178. The molecule has 1 N–H and O–H groups in total. The second kappa shape index (κ2) is 6.62. The van der Waals surface area contributed by atoms with Gasteiger partial charge in [0.15, 0.2) is 0 Å². The first-order chi connectivity index (χ1) is 6.02. The third-order valence-corrected chi connectivity index (χ3v) is 1.61. The number of hydrogen-bond acceptors (Lipinski definition) is 3. The summed E-state index contributed by atoms with van der Waals surface area (Å²) in [4.78, 5) is 14.3. The Hall–Kier alpha value is -0.870. The summed E-state index contributed by atoms with van der Waals surface area (Å²) in [5, 5.41) is 8.33. The topological polar surface area (TPSA) is 43.8 Å². The van der Waals surface area contributed by atoms with Crippen LogP contribution in [0.1, 0.15) is 0 Å². The van der Waals surface area contributed by atoms with Crippen LogP contribution < -0.4 is 0 Å². The molecule has 0 saturated heterocycles. The molecule has 0 saturated carbocycles. The van der Waals surface area contributed by atoms with Crippen molar-refractivity contribution in [3.8, 4) is 0 Å². The highest BCUT2D eigenvalue weighted by Gasteiger charge is 1.96. The zero-order valence-corrected chi connectivity index (χ0v) is 8.53. The van der Waals surface area contributed by atoms with Crippen LogP contribution in [0.2, 0.25) is 0 Å². The van der Waals surface area contributed by atoms with Crippen molar-refractivity contribution in [2.24, 2.45) is 0 Å². The normalized spacial score (nSPS) is 11.8. The Balaban J connectivity index is 3.51. The highest BCUT2D eigenvalue weighted by Crippen LogP contribution is 1.85. The van der Waals surface area contributed by atoms with Gasteiger partial charge in [0, 0.05) is 25.7 Å². The van der Waals surface area contributed by atoms with E-state index in [-0.39, 0.29) is 0 Å². The number of carboxylic acid groups (broad SMARTS) is 1. The molecular weight excluding hydrogens is 168 g/mol. The van der Waals surface area contributed by atoms with Gasteiger partial charge in [0.1, 0.15) is 0 Å². The first-order valence-electron chi connectivity index (χ1n) is 4.25. The van der Waals surface area contributed by atoms with Gasteiger partial charge in [0.25, 0.3) is 0 Å². The fourth-order valence-corrected chi connectivity index (χ4v) is 0.795. The third-order valence-electron chi connectivity index (χ3n) is 1.61. The number of nitrogens with zero attached hydrogens (tertiary/aromatic N) is 2. The summed E-state index contributed by atoms with van der Waals surface area (Å²) >= 11 is 0. The molecule has 76 valence electrons. The van der Waals surface area contributed by atoms with Gasteiger partial charge >= 0.3 is 5.97 Å². The maximum absolute atomic E-state index is 10.1. The molecule has 0 aliphatic heterocycles. The molecule has 0 amide bonds. The van der Waals surface area contributed by atoms with Gasteiger partial charge in [-0.15, -0.1) is 0 Å². The maximum Gasteiger partial charge on any atom is 0.328 e. The van der Waals surface area contributed by atoms with E-state index in [1.807, 2.05) is 21.1 Å². The van der Waals surface area contributed by atoms with Gasteiger partial charge in [0.05, 0.1) is 0 Å². The van der Waals surface area contributed by atoms with E-state index < -0.39 is 5.97 Å². The molecule has 0 radical (unpaired) electrons. The van der Waals surface area contributed by atoms with E-state index in [4.69, 9.17) is 5.11 Å². The van der Waals surface area contributed by atoms with Crippen LogP contribution in [-0.2, 0) is 4.79 Å². The van der Waals surface area contributed by atoms with Crippen LogP contribution in [0.5, 0.6) is 0 Å². The molecule has 0 spiro atoms. The van der Waals surface area contributed by atoms with Crippen LogP contribution in [0.4, 0.5) is 0 Å². The van der Waals surface area contributed by atoms with Gasteiger partial charge in [-0.25, -0.2) is 4.79 Å². The summed E-state index contributed by atoms with van der Waals surface area (Å²) in [7, 11) is 6.00. The highest BCUT2D eigenvalue weighted by molar-refractivity contribution is 5.79. The Kier molecular flexibility index (Phi) is 6.18. The van der Waals surface area contributed by atoms with Crippen molar-refractivity contribution in [3.05, 3.63) is 12.2 Å². The predicted octanol–water partition coefficient (Wildman–Crippen LogP) is 0.121. The monoisotopic (exact) mass is 186 g/mol. The molecule has 0 aromatic rings. The minimum Gasteiger partial charge on any atom is -0.478 e. The standard InChI is InChI=1S/C9H18N2O2/c1-10(2)7-8-11(3)6-4-5-9(12)13/h4-5H,6-8H2,1-3H3,(H,12,13). The minimum atomic E-state index is -0.888. The lowest BCUT2D eigenvalue weighted by Gasteiger charge is -2.17. The maximum atomic E-state index is 10.1. The van der Waals surface area contributed by atoms with E-state index in [2.05, 4.69) is 9.80 Å². The van der Waals surface area contributed by atoms with Crippen LogP contribution in [-0.4, -0.2) is 61.7 Å². The van der Waals surface area contributed by atoms with Gasteiger partial charge < -0.3 is 14.9 Å². The van der Waals surface area contributed by atoms with Crippen LogP contribution in [0.3, 0.4) is 0 Å². The van der Waals surface area contributed by atoms with Crippen molar-refractivity contribution < 1.29 is 9.90 Å². The molecule has 0 heterocycles. The van der Waals surface area contributed by atoms with Gasteiger partial charge in [-0.1, -0.05) is 6.08 Å². The molecule has 0 aromatic carbocycles. The number of likely N-dealkylation sites (N-methyl/N-ethyl adjacent to an activating group) is 2. The van der Waals surface area contributed by atoms with Crippen LogP contribution in [0, 0.1) is 0 Å². The highest BCUT2D eigenvalue weighted by atomic mass is 16.4. The summed E-state index contributed by atoms with van der Waals surface area (Å²) in [5.74, 6) is -0.888. The second-order valence-electron chi connectivity index (χ2n) is 3.31. The fourth-order valence-electron chi connectivity index (χ4n) is 0.795. The van der Waals surface area contributed by atoms with Crippen LogP contribution in [0.15, 0.2) is 12.2 Å². The first kappa shape index (κ1) is 12.1. The van der Waals surface area contributed by atoms with E-state index in [0.717, 1.165) is 13.1 Å². The summed E-state index contributed by atoms with van der Waals surface area (Å²) < 4.78 is 0. The molecular formula is C9H18N2O2. The van der Waals surface area contributed by atoms with E-state index in [9.17, 15) is 4.79 Å². The first-order valence-corrected chi connectivity index (χ1v) is 4.25. The number of rotatable bonds is 6. The molecule has 0 unspecified atom stereocenters. The number of carbonyl (C=O) groups is 1. The van der Waals surface area contributed by atoms with E-state index >= 15 is 0 Å². The number of hydrogen-bond donors (Lipinski definition) is 1. The lowest BCUT2D eigenvalue weighted by atomic mass is 10.4. The Labute approximate surface area is 79.4 Å². The third kappa shape index (κ3) is 9.04. The van der Waals surface area contributed by atoms with E-state index in [1.165, 1.54) is 6.08 Å². The van der Waals surface area contributed by atoms with Crippen molar-refractivity contribution in [1.29, 1.82) is 0 Å². The second-order valence-corrected chi connectivity index (χ2v) is 3.31. The van der Waals surface area contributed by atoms with Crippen molar-refractivity contribution in [2.45, 2.75) is 0 Å². The average Bonchev–Trinajstić information content (AvgIpc) is 2.00. The van der Waals surface area contributed by atoms with Crippen molar-refractivity contribution in [3.63, 3.8) is 0 Å². The molecule has 0 bridgehead atoms. The zero-order chi connectivity index (χ0) is 10.3. The van der Waals surface area contributed by atoms with Gasteiger partial charge in [-0.2, -0.15) is 0 Å². The van der Waals surface area contributed by atoms with Crippen molar-refractivity contribution in [2.75, 3.05) is 40.8 Å². The van der Waals surface area contributed by atoms with E-state index in [0.29, 0.717) is 6.54 Å². The van der Waals surface area contributed by atoms with Crippen molar-refractivity contribution in [1.82, 2.24) is 9.80 Å². The molecule has 4 heteroatoms. The van der Waals surface area contributed by atoms with Gasteiger partial charge in [0.2, 0.25) is 0 Å². The zero-order valence-electron chi connectivity index (χ0n) is 8.53. The smallest absolute Gasteiger partial charge is 0.328 e. The van der Waals surface area contributed by atoms with E-state index in [1.54, 1.807) is 6.08 Å². The molecule has 0 aliphatic rings. The van der Waals surface area contributed by atoms with Crippen LogP contribution in [0.25, 0.3) is 0 Å². The lowest BCUT2D eigenvalue weighted by molar-refractivity contribution is -0.131. The molecule has 4 nitrogen and oxygen atoms in total. The summed E-state index contributed by atoms with van der Waals surface area (Å²) in [6.45, 7) is 2.61. The van der Waals surface area contributed by atoms with Gasteiger partial charge in [-0.3, -0.25) is 0 Å². The van der Waals surface area contributed by atoms with Crippen molar-refractivity contribution >= 4 is 5.97 Å². The fraction of sp³-hybridized carbons (Fsp3) is 0.667.